The summed E-state index contributed by atoms with van der Waals surface area (Å²) in [5.74, 6) is 0.504. The van der Waals surface area contributed by atoms with E-state index in [2.05, 4.69) is 17.6 Å². The molecule has 5 nitrogen and oxygen atoms in total. The molecule has 0 aliphatic heterocycles. The van der Waals surface area contributed by atoms with Crippen molar-refractivity contribution in [3.8, 4) is 0 Å². The molecule has 0 saturated heterocycles. The minimum atomic E-state index is -0.740. The van der Waals surface area contributed by atoms with Crippen LogP contribution in [0.5, 0.6) is 0 Å². The fourth-order valence-corrected chi connectivity index (χ4v) is 2.75. The van der Waals surface area contributed by atoms with Gasteiger partial charge in [0.25, 0.3) is 0 Å². The van der Waals surface area contributed by atoms with E-state index in [4.69, 9.17) is 5.11 Å². The summed E-state index contributed by atoms with van der Waals surface area (Å²) in [6, 6.07) is 0.352. The smallest absolute Gasteiger partial charge is 0.303 e. The van der Waals surface area contributed by atoms with Crippen molar-refractivity contribution in [2.24, 2.45) is 11.8 Å². The maximum atomic E-state index is 11.8. The molecule has 1 saturated carbocycles. The second kappa shape index (κ2) is 9.77. The van der Waals surface area contributed by atoms with Crippen molar-refractivity contribution < 1.29 is 14.7 Å². The van der Waals surface area contributed by atoms with Gasteiger partial charge in [0.05, 0.1) is 6.54 Å². The van der Waals surface area contributed by atoms with E-state index in [1.807, 2.05) is 6.92 Å². The third-order valence-electron chi connectivity index (χ3n) is 4.33. The van der Waals surface area contributed by atoms with Crippen molar-refractivity contribution in [1.82, 2.24) is 10.6 Å². The molecule has 1 unspecified atom stereocenters. The molecule has 1 atom stereocenters. The van der Waals surface area contributed by atoms with E-state index in [-0.39, 0.29) is 12.3 Å². The van der Waals surface area contributed by atoms with Crippen LogP contribution in [0, 0.1) is 11.8 Å². The van der Waals surface area contributed by atoms with Gasteiger partial charge in [-0.15, -0.1) is 0 Å². The van der Waals surface area contributed by atoms with Crippen LogP contribution in [0.3, 0.4) is 0 Å². The maximum absolute atomic E-state index is 11.8. The van der Waals surface area contributed by atoms with Crippen molar-refractivity contribution in [3.63, 3.8) is 0 Å². The fourth-order valence-electron chi connectivity index (χ4n) is 2.75. The summed E-state index contributed by atoms with van der Waals surface area (Å²) in [7, 11) is 0. The van der Waals surface area contributed by atoms with E-state index in [1.54, 1.807) is 0 Å². The number of carboxylic acids is 1. The van der Waals surface area contributed by atoms with Crippen LogP contribution in [0.2, 0.25) is 0 Å². The second-order valence-electron chi connectivity index (χ2n) is 6.53. The van der Waals surface area contributed by atoms with Crippen LogP contribution < -0.4 is 10.6 Å². The number of hydrogen-bond donors (Lipinski definition) is 3. The Labute approximate surface area is 127 Å². The molecule has 3 N–H and O–H groups in total. The van der Waals surface area contributed by atoms with E-state index >= 15 is 0 Å². The van der Waals surface area contributed by atoms with E-state index in [9.17, 15) is 9.59 Å². The predicted molar refractivity (Wildman–Crippen MR) is 83.1 cm³/mol. The van der Waals surface area contributed by atoms with Gasteiger partial charge in [-0.3, -0.25) is 9.59 Å². The van der Waals surface area contributed by atoms with Crippen LogP contribution in [-0.2, 0) is 9.59 Å². The van der Waals surface area contributed by atoms with Crippen LogP contribution in [0.15, 0.2) is 0 Å². The van der Waals surface area contributed by atoms with Crippen molar-refractivity contribution in [1.29, 1.82) is 0 Å². The summed E-state index contributed by atoms with van der Waals surface area (Å²) in [4.78, 5) is 22.3. The maximum Gasteiger partial charge on any atom is 0.303 e. The Hall–Kier alpha value is -1.10. The molecule has 0 aromatic heterocycles. The average Bonchev–Trinajstić information content (AvgIpc) is 2.44. The summed E-state index contributed by atoms with van der Waals surface area (Å²) in [6.07, 6.45) is 6.43. The normalized spacial score (nSPS) is 23.5. The minimum Gasteiger partial charge on any atom is -0.481 e. The van der Waals surface area contributed by atoms with Crippen molar-refractivity contribution >= 4 is 11.9 Å². The van der Waals surface area contributed by atoms with Crippen LogP contribution in [-0.4, -0.2) is 36.1 Å². The molecule has 0 heterocycles. The molecule has 1 aliphatic carbocycles. The lowest BCUT2D eigenvalue weighted by Gasteiger charge is -2.27. The topological polar surface area (TPSA) is 78.4 Å². The molecule has 1 fully saturated rings. The van der Waals surface area contributed by atoms with Gasteiger partial charge in [0.1, 0.15) is 0 Å². The molecule has 1 amide bonds. The van der Waals surface area contributed by atoms with Gasteiger partial charge in [0, 0.05) is 12.5 Å². The van der Waals surface area contributed by atoms with Gasteiger partial charge in [0.2, 0.25) is 5.91 Å². The summed E-state index contributed by atoms with van der Waals surface area (Å²) >= 11 is 0. The van der Waals surface area contributed by atoms with Crippen LogP contribution in [0.4, 0.5) is 0 Å². The first-order chi connectivity index (χ1) is 9.97. The Kier molecular flexibility index (Phi) is 8.35. The molecule has 0 radical (unpaired) electrons. The van der Waals surface area contributed by atoms with E-state index in [0.717, 1.165) is 31.7 Å². The van der Waals surface area contributed by atoms with Gasteiger partial charge in [0.15, 0.2) is 0 Å². The second-order valence-corrected chi connectivity index (χ2v) is 6.53. The van der Waals surface area contributed by atoms with E-state index in [0.29, 0.717) is 24.9 Å². The SMILES string of the molecule is CC(CCNCC(=O)NC1CCC(C)CC1)CCC(=O)O. The Morgan fingerprint density at radius 1 is 1.19 bits per heavy atom. The quantitative estimate of drug-likeness (QED) is 0.570. The van der Waals surface area contributed by atoms with Crippen LogP contribution in [0.1, 0.15) is 58.8 Å². The lowest BCUT2D eigenvalue weighted by atomic mass is 9.87. The van der Waals surface area contributed by atoms with Crippen molar-refractivity contribution in [3.05, 3.63) is 0 Å². The third-order valence-corrected chi connectivity index (χ3v) is 4.33. The fraction of sp³-hybridized carbons (Fsp3) is 0.875. The van der Waals surface area contributed by atoms with Crippen molar-refractivity contribution in [2.75, 3.05) is 13.1 Å². The summed E-state index contributed by atoms with van der Waals surface area (Å²) in [5, 5.41) is 14.8. The van der Waals surface area contributed by atoms with Gasteiger partial charge in [-0.25, -0.2) is 0 Å². The molecule has 122 valence electrons. The van der Waals surface area contributed by atoms with Gasteiger partial charge >= 0.3 is 5.97 Å². The summed E-state index contributed by atoms with van der Waals surface area (Å²) in [5.41, 5.74) is 0. The molecule has 0 aromatic rings. The Morgan fingerprint density at radius 3 is 2.48 bits per heavy atom. The Morgan fingerprint density at radius 2 is 1.86 bits per heavy atom. The molecule has 0 aromatic carbocycles. The largest absolute Gasteiger partial charge is 0.481 e. The number of rotatable bonds is 9. The number of carbonyl (C=O) groups is 2. The first-order valence-electron chi connectivity index (χ1n) is 8.19. The zero-order valence-corrected chi connectivity index (χ0v) is 13.4. The van der Waals surface area contributed by atoms with E-state index in [1.165, 1.54) is 12.8 Å². The highest BCUT2D eigenvalue weighted by atomic mass is 16.4. The lowest BCUT2D eigenvalue weighted by Crippen LogP contribution is -2.42. The highest BCUT2D eigenvalue weighted by molar-refractivity contribution is 5.78. The molecule has 0 spiro atoms. The number of carbonyl (C=O) groups excluding carboxylic acids is 1. The lowest BCUT2D eigenvalue weighted by molar-refractivity contribution is -0.137. The molecular formula is C16H30N2O3. The zero-order chi connectivity index (χ0) is 15.7. The Bertz CT molecular complexity index is 325. The average molecular weight is 298 g/mol. The minimum absolute atomic E-state index is 0.0766. The predicted octanol–water partition coefficient (Wildman–Crippen LogP) is 2.16. The molecule has 5 heteroatoms. The number of carboxylic acid groups (broad SMARTS) is 1. The number of amides is 1. The first-order valence-corrected chi connectivity index (χ1v) is 8.19. The van der Waals surface area contributed by atoms with Gasteiger partial charge in [-0.1, -0.05) is 13.8 Å². The summed E-state index contributed by atoms with van der Waals surface area (Å²) in [6.45, 7) is 5.44. The van der Waals surface area contributed by atoms with Crippen LogP contribution in [0.25, 0.3) is 0 Å². The molecular weight excluding hydrogens is 268 g/mol. The number of hydrogen-bond acceptors (Lipinski definition) is 3. The Balaban J connectivity index is 2.01. The van der Waals surface area contributed by atoms with Gasteiger partial charge in [-0.2, -0.15) is 0 Å². The van der Waals surface area contributed by atoms with E-state index < -0.39 is 5.97 Å². The zero-order valence-electron chi connectivity index (χ0n) is 13.4. The first kappa shape index (κ1) is 18.0. The standard InChI is InChI=1S/C16H30N2O3/c1-12-3-6-14(7-4-12)18-15(19)11-17-10-9-13(2)5-8-16(20)21/h12-14,17H,3-11H2,1-2H3,(H,18,19)(H,20,21). The number of aliphatic carboxylic acids is 1. The van der Waals surface area contributed by atoms with Gasteiger partial charge in [-0.05, 0) is 56.9 Å². The molecule has 21 heavy (non-hydrogen) atoms. The van der Waals surface area contributed by atoms with Crippen LogP contribution >= 0.6 is 0 Å². The monoisotopic (exact) mass is 298 g/mol. The molecule has 1 aliphatic rings. The van der Waals surface area contributed by atoms with Crippen molar-refractivity contribution in [2.45, 2.75) is 64.8 Å². The number of nitrogens with one attached hydrogen (secondary N) is 2. The highest BCUT2D eigenvalue weighted by Crippen LogP contribution is 2.23. The highest BCUT2D eigenvalue weighted by Gasteiger charge is 2.19. The molecule has 0 bridgehead atoms. The van der Waals surface area contributed by atoms with Gasteiger partial charge < -0.3 is 15.7 Å². The summed E-state index contributed by atoms with van der Waals surface area (Å²) < 4.78 is 0. The molecule has 1 rings (SSSR count). The third kappa shape index (κ3) is 8.71.